The van der Waals surface area contributed by atoms with Crippen LogP contribution < -0.4 is 5.56 Å². The number of esters is 1. The van der Waals surface area contributed by atoms with Crippen molar-refractivity contribution in [3.8, 4) is 0 Å². The van der Waals surface area contributed by atoms with E-state index in [1.807, 2.05) is 0 Å². The summed E-state index contributed by atoms with van der Waals surface area (Å²) in [5, 5.41) is 11.0. The lowest BCUT2D eigenvalue weighted by Gasteiger charge is -2.14. The fraction of sp³-hybridized carbons (Fsp3) is 0.231. The van der Waals surface area contributed by atoms with E-state index in [0.29, 0.717) is 10.8 Å². The van der Waals surface area contributed by atoms with E-state index in [1.54, 1.807) is 30.3 Å². The van der Waals surface area contributed by atoms with Gasteiger partial charge in [-0.05, 0) is 17.5 Å². The van der Waals surface area contributed by atoms with E-state index < -0.39 is 12.1 Å². The monoisotopic (exact) mass is 247 g/mol. The molecule has 1 heterocycles. The van der Waals surface area contributed by atoms with Gasteiger partial charge in [0, 0.05) is 12.4 Å². The van der Waals surface area contributed by atoms with Gasteiger partial charge in [0.1, 0.15) is 0 Å². The Bertz CT molecular complexity index is 660. The smallest absolute Gasteiger partial charge is 0.340 e. The van der Waals surface area contributed by atoms with E-state index in [2.05, 4.69) is 4.74 Å². The molecule has 2 rings (SSSR count). The van der Waals surface area contributed by atoms with Gasteiger partial charge in [-0.15, -0.1) is 0 Å². The van der Waals surface area contributed by atoms with Crippen molar-refractivity contribution >= 4 is 16.7 Å². The van der Waals surface area contributed by atoms with E-state index in [1.165, 1.54) is 18.7 Å². The minimum Gasteiger partial charge on any atom is -0.467 e. The molecule has 0 aliphatic carbocycles. The minimum atomic E-state index is -1.46. The molecular weight excluding hydrogens is 234 g/mol. The van der Waals surface area contributed by atoms with Gasteiger partial charge in [-0.3, -0.25) is 4.79 Å². The number of ether oxygens (including phenoxy) is 1. The number of hydrogen-bond acceptors (Lipinski definition) is 4. The highest BCUT2D eigenvalue weighted by Crippen LogP contribution is 2.17. The topological polar surface area (TPSA) is 68.5 Å². The molecule has 1 aromatic heterocycles. The molecule has 1 unspecified atom stereocenters. The van der Waals surface area contributed by atoms with Crippen LogP contribution in [0.1, 0.15) is 11.8 Å². The van der Waals surface area contributed by atoms with Gasteiger partial charge >= 0.3 is 5.97 Å². The Labute approximate surface area is 103 Å². The molecule has 1 atom stereocenters. The Kier molecular flexibility index (Phi) is 3.16. The molecule has 1 aromatic carbocycles. The number of hydrogen-bond donors (Lipinski definition) is 1. The molecule has 18 heavy (non-hydrogen) atoms. The lowest BCUT2D eigenvalue weighted by molar-refractivity contribution is -0.151. The molecule has 94 valence electrons. The molecule has 5 nitrogen and oxygen atoms in total. The first-order chi connectivity index (χ1) is 8.56. The molecule has 1 N–H and O–H groups in total. The third-order valence-electron chi connectivity index (χ3n) is 2.89. The van der Waals surface area contributed by atoms with Crippen molar-refractivity contribution in [3.63, 3.8) is 0 Å². The number of aromatic nitrogens is 1. The van der Waals surface area contributed by atoms with Crippen LogP contribution in [-0.4, -0.2) is 22.8 Å². The first-order valence-electron chi connectivity index (χ1n) is 5.41. The summed E-state index contributed by atoms with van der Waals surface area (Å²) < 4.78 is 5.72. The number of carbonyl (C=O) groups is 1. The molecule has 0 radical (unpaired) electrons. The van der Waals surface area contributed by atoms with Gasteiger partial charge in [-0.25, -0.2) is 4.79 Å². The number of aliphatic hydroxyl groups excluding tert-OH is 1. The Balaban J connectivity index is 2.69. The number of methoxy groups -OCH3 is 1. The maximum absolute atomic E-state index is 12.1. The molecule has 0 spiro atoms. The molecule has 0 aliphatic heterocycles. The summed E-state index contributed by atoms with van der Waals surface area (Å²) in [6.45, 7) is 0. The summed E-state index contributed by atoms with van der Waals surface area (Å²) in [4.78, 5) is 23.4. The number of benzene rings is 1. The number of rotatable bonds is 2. The molecular formula is C13H13NO4. The van der Waals surface area contributed by atoms with Gasteiger partial charge in [0.2, 0.25) is 0 Å². The zero-order valence-electron chi connectivity index (χ0n) is 10.1. The largest absolute Gasteiger partial charge is 0.467 e. The maximum atomic E-state index is 12.1. The Morgan fingerprint density at radius 2 is 2.06 bits per heavy atom. The van der Waals surface area contributed by atoms with Gasteiger partial charge in [0.15, 0.2) is 6.10 Å². The molecule has 0 bridgehead atoms. The number of carbonyl (C=O) groups excluding carboxylic acids is 1. The van der Waals surface area contributed by atoms with Crippen LogP contribution in [0.4, 0.5) is 0 Å². The van der Waals surface area contributed by atoms with Crippen LogP contribution in [0.25, 0.3) is 10.8 Å². The van der Waals surface area contributed by atoms with E-state index in [4.69, 9.17) is 0 Å². The van der Waals surface area contributed by atoms with Crippen molar-refractivity contribution in [1.82, 2.24) is 4.57 Å². The van der Waals surface area contributed by atoms with E-state index in [-0.39, 0.29) is 11.3 Å². The second-order valence-corrected chi connectivity index (χ2v) is 3.95. The third-order valence-corrected chi connectivity index (χ3v) is 2.89. The number of pyridine rings is 1. The number of nitrogens with zero attached hydrogens (tertiary/aromatic N) is 1. The molecule has 0 saturated heterocycles. The third kappa shape index (κ3) is 1.89. The summed E-state index contributed by atoms with van der Waals surface area (Å²) in [6.07, 6.45) is -1.46. The lowest BCUT2D eigenvalue weighted by Crippen LogP contribution is -2.26. The zero-order valence-corrected chi connectivity index (χ0v) is 10.1. The van der Waals surface area contributed by atoms with Crippen LogP contribution in [0.3, 0.4) is 0 Å². The Hall–Kier alpha value is -2.14. The summed E-state index contributed by atoms with van der Waals surface area (Å²) in [6, 6.07) is 8.62. The fourth-order valence-corrected chi connectivity index (χ4v) is 1.87. The van der Waals surface area contributed by atoms with Gasteiger partial charge < -0.3 is 14.4 Å². The van der Waals surface area contributed by atoms with Crippen LogP contribution >= 0.6 is 0 Å². The lowest BCUT2D eigenvalue weighted by atomic mass is 10.1. The van der Waals surface area contributed by atoms with Crippen molar-refractivity contribution in [3.05, 3.63) is 46.4 Å². The molecule has 2 aromatic rings. The average molecular weight is 247 g/mol. The van der Waals surface area contributed by atoms with Crippen LogP contribution in [0.2, 0.25) is 0 Å². The molecule has 5 heteroatoms. The SMILES string of the molecule is COC(=O)C(O)c1cc2ccccc2c(=O)n1C. The molecule has 0 saturated carbocycles. The first kappa shape index (κ1) is 12.3. The van der Waals surface area contributed by atoms with Crippen molar-refractivity contribution in [2.24, 2.45) is 7.05 Å². The second-order valence-electron chi connectivity index (χ2n) is 3.95. The molecule has 0 aliphatic rings. The highest BCUT2D eigenvalue weighted by molar-refractivity contribution is 5.83. The fourth-order valence-electron chi connectivity index (χ4n) is 1.87. The predicted molar refractivity (Wildman–Crippen MR) is 66.2 cm³/mol. The van der Waals surface area contributed by atoms with Gasteiger partial charge in [-0.1, -0.05) is 18.2 Å². The normalized spacial score (nSPS) is 12.4. The highest BCUT2D eigenvalue weighted by Gasteiger charge is 2.21. The summed E-state index contributed by atoms with van der Waals surface area (Å²) in [7, 11) is 2.70. The standard InChI is InChI=1S/C13H13NO4/c1-14-10(11(15)13(17)18-2)7-8-5-3-4-6-9(8)12(14)16/h3-7,11,15H,1-2H3. The average Bonchev–Trinajstić information content (AvgIpc) is 2.41. The second kappa shape index (κ2) is 4.62. The minimum absolute atomic E-state index is 0.213. The van der Waals surface area contributed by atoms with Crippen molar-refractivity contribution in [2.45, 2.75) is 6.10 Å². The van der Waals surface area contributed by atoms with E-state index >= 15 is 0 Å². The quantitative estimate of drug-likeness (QED) is 0.795. The molecule has 0 amide bonds. The van der Waals surface area contributed by atoms with Crippen molar-refractivity contribution in [2.75, 3.05) is 7.11 Å². The summed E-state index contributed by atoms with van der Waals surface area (Å²) in [5.74, 6) is -0.791. The Morgan fingerprint density at radius 1 is 1.39 bits per heavy atom. The number of fused-ring (bicyclic) bond motifs is 1. The van der Waals surface area contributed by atoms with E-state index in [0.717, 1.165) is 0 Å². The number of aliphatic hydroxyl groups is 1. The summed E-state index contributed by atoms with van der Waals surface area (Å²) in [5.41, 5.74) is -0.0448. The van der Waals surface area contributed by atoms with Crippen LogP contribution in [-0.2, 0) is 16.6 Å². The zero-order chi connectivity index (χ0) is 13.3. The molecule has 0 fully saturated rings. The Morgan fingerprint density at radius 3 is 2.72 bits per heavy atom. The van der Waals surface area contributed by atoms with Crippen LogP contribution in [0.15, 0.2) is 35.1 Å². The summed E-state index contributed by atoms with van der Waals surface area (Å²) >= 11 is 0. The van der Waals surface area contributed by atoms with Crippen LogP contribution in [0.5, 0.6) is 0 Å². The van der Waals surface area contributed by atoms with E-state index in [9.17, 15) is 14.7 Å². The maximum Gasteiger partial charge on any atom is 0.340 e. The van der Waals surface area contributed by atoms with Gasteiger partial charge in [-0.2, -0.15) is 0 Å². The van der Waals surface area contributed by atoms with Crippen molar-refractivity contribution < 1.29 is 14.6 Å². The van der Waals surface area contributed by atoms with Gasteiger partial charge in [0.25, 0.3) is 5.56 Å². The first-order valence-corrected chi connectivity index (χ1v) is 5.41. The van der Waals surface area contributed by atoms with Crippen LogP contribution in [0, 0.1) is 0 Å². The van der Waals surface area contributed by atoms with Gasteiger partial charge in [0.05, 0.1) is 12.8 Å². The predicted octanol–water partition coefficient (Wildman–Crippen LogP) is 0.745. The highest BCUT2D eigenvalue weighted by atomic mass is 16.5. The van der Waals surface area contributed by atoms with Crippen molar-refractivity contribution in [1.29, 1.82) is 0 Å².